The number of hydrogen-bond donors (Lipinski definition) is 1. The molecule has 0 bridgehead atoms. The van der Waals surface area contributed by atoms with Gasteiger partial charge in [-0.25, -0.2) is 4.98 Å². The van der Waals surface area contributed by atoms with Crippen molar-refractivity contribution in [1.82, 2.24) is 4.98 Å². The number of para-hydroxylation sites is 1. The average molecular weight is 309 g/mol. The van der Waals surface area contributed by atoms with E-state index < -0.39 is 0 Å². The van der Waals surface area contributed by atoms with Crippen molar-refractivity contribution in [2.75, 3.05) is 5.32 Å². The molecule has 0 radical (unpaired) electrons. The summed E-state index contributed by atoms with van der Waals surface area (Å²) in [6, 6.07) is 5.68. The molecular weight excluding hydrogens is 292 g/mol. The van der Waals surface area contributed by atoms with E-state index in [1.807, 2.05) is 18.2 Å². The molecule has 0 spiro atoms. The van der Waals surface area contributed by atoms with E-state index >= 15 is 0 Å². The highest BCUT2D eigenvalue weighted by atomic mass is 35.5. The molecule has 1 amide bonds. The van der Waals surface area contributed by atoms with Crippen LogP contribution in [0, 0.1) is 5.92 Å². The molecule has 1 aliphatic rings. The molecule has 0 aliphatic heterocycles. The smallest absolute Gasteiger partial charge is 0.226 e. The molecule has 1 aromatic carbocycles. The van der Waals surface area contributed by atoms with Crippen molar-refractivity contribution in [3.8, 4) is 0 Å². The Bertz CT molecular complexity index is 619. The maximum Gasteiger partial charge on any atom is 0.226 e. The zero-order valence-corrected chi connectivity index (χ0v) is 12.8. The third-order valence-electron chi connectivity index (χ3n) is 3.87. The van der Waals surface area contributed by atoms with Crippen LogP contribution in [-0.4, -0.2) is 10.9 Å². The van der Waals surface area contributed by atoms with Crippen LogP contribution in [-0.2, 0) is 4.79 Å². The highest BCUT2D eigenvalue weighted by molar-refractivity contribution is 7.22. The van der Waals surface area contributed by atoms with Crippen LogP contribution in [0.2, 0.25) is 5.02 Å². The van der Waals surface area contributed by atoms with Gasteiger partial charge in [-0.05, 0) is 24.5 Å². The molecule has 3 rings (SSSR count). The van der Waals surface area contributed by atoms with Gasteiger partial charge in [0.25, 0.3) is 0 Å². The van der Waals surface area contributed by atoms with E-state index in [0.29, 0.717) is 16.6 Å². The molecule has 1 N–H and O–H groups in total. The Morgan fingerprint density at radius 3 is 2.95 bits per heavy atom. The maximum atomic E-state index is 12.0. The number of hydrogen-bond acceptors (Lipinski definition) is 3. The monoisotopic (exact) mass is 308 g/mol. The summed E-state index contributed by atoms with van der Waals surface area (Å²) in [5.74, 6) is 0.803. The lowest BCUT2D eigenvalue weighted by atomic mass is 10.0. The number of fused-ring (bicyclic) bond motifs is 1. The molecule has 1 heterocycles. The van der Waals surface area contributed by atoms with Gasteiger partial charge in [-0.1, -0.05) is 54.7 Å². The first kappa shape index (κ1) is 13.8. The van der Waals surface area contributed by atoms with Crippen LogP contribution in [0.25, 0.3) is 10.2 Å². The van der Waals surface area contributed by atoms with Crippen LogP contribution in [0.1, 0.15) is 38.5 Å². The van der Waals surface area contributed by atoms with Gasteiger partial charge in [-0.15, -0.1) is 0 Å². The second-order valence-electron chi connectivity index (χ2n) is 5.34. The Morgan fingerprint density at radius 1 is 1.40 bits per heavy atom. The van der Waals surface area contributed by atoms with Crippen LogP contribution in [0.5, 0.6) is 0 Å². The number of anilines is 1. The van der Waals surface area contributed by atoms with Gasteiger partial charge >= 0.3 is 0 Å². The molecule has 0 atom stereocenters. The molecular formula is C15H17ClN2OS. The van der Waals surface area contributed by atoms with E-state index in [9.17, 15) is 4.79 Å². The Kier molecular flexibility index (Phi) is 4.22. The topological polar surface area (TPSA) is 42.0 Å². The number of amides is 1. The van der Waals surface area contributed by atoms with E-state index in [2.05, 4.69) is 10.3 Å². The van der Waals surface area contributed by atoms with Gasteiger partial charge in [-0.2, -0.15) is 0 Å². The molecule has 1 fully saturated rings. The minimum Gasteiger partial charge on any atom is -0.302 e. The lowest BCUT2D eigenvalue weighted by molar-refractivity contribution is -0.116. The zero-order valence-electron chi connectivity index (χ0n) is 11.2. The molecule has 1 saturated carbocycles. The lowest BCUT2D eigenvalue weighted by Gasteiger charge is -2.07. The maximum absolute atomic E-state index is 12.0. The van der Waals surface area contributed by atoms with Crippen molar-refractivity contribution in [3.63, 3.8) is 0 Å². The quantitative estimate of drug-likeness (QED) is 0.876. The predicted octanol–water partition coefficient (Wildman–Crippen LogP) is 4.86. The summed E-state index contributed by atoms with van der Waals surface area (Å²) in [5.41, 5.74) is 0.769. The van der Waals surface area contributed by atoms with Crippen molar-refractivity contribution < 1.29 is 4.79 Å². The normalized spacial score (nSPS) is 15.8. The fourth-order valence-electron chi connectivity index (χ4n) is 2.78. The molecule has 2 aromatic rings. The van der Waals surface area contributed by atoms with Crippen molar-refractivity contribution in [2.45, 2.75) is 38.5 Å². The molecule has 106 valence electrons. The number of carbonyl (C=O) groups excluding carboxylic acids is 1. The summed E-state index contributed by atoms with van der Waals surface area (Å²) in [6.07, 6.45) is 6.80. The standard InChI is InChI=1S/C15H17ClN2OS/c16-11-6-3-7-12-14(11)18-15(20-12)17-13(19)9-8-10-4-1-2-5-10/h3,6-7,10H,1-2,4-5,8-9H2,(H,17,18,19). The second-order valence-corrected chi connectivity index (χ2v) is 6.78. The third-order valence-corrected chi connectivity index (χ3v) is 5.11. The van der Waals surface area contributed by atoms with Crippen molar-refractivity contribution in [3.05, 3.63) is 23.2 Å². The molecule has 1 aromatic heterocycles. The van der Waals surface area contributed by atoms with E-state index in [4.69, 9.17) is 11.6 Å². The van der Waals surface area contributed by atoms with Crippen LogP contribution >= 0.6 is 22.9 Å². The number of rotatable bonds is 4. The van der Waals surface area contributed by atoms with Gasteiger partial charge in [-0.3, -0.25) is 4.79 Å². The number of halogens is 1. The largest absolute Gasteiger partial charge is 0.302 e. The summed E-state index contributed by atoms with van der Waals surface area (Å²) < 4.78 is 1.00. The van der Waals surface area contributed by atoms with Gasteiger partial charge in [0.05, 0.1) is 9.72 Å². The van der Waals surface area contributed by atoms with Crippen molar-refractivity contribution >= 4 is 44.2 Å². The minimum atomic E-state index is 0.0621. The number of carbonyl (C=O) groups is 1. The van der Waals surface area contributed by atoms with E-state index in [-0.39, 0.29) is 5.91 Å². The lowest BCUT2D eigenvalue weighted by Crippen LogP contribution is -2.12. The van der Waals surface area contributed by atoms with Crippen LogP contribution in [0.3, 0.4) is 0 Å². The first-order valence-electron chi connectivity index (χ1n) is 7.07. The number of benzene rings is 1. The van der Waals surface area contributed by atoms with E-state index in [1.54, 1.807) is 0 Å². The average Bonchev–Trinajstić information content (AvgIpc) is 3.05. The Labute approximate surface area is 127 Å². The van der Waals surface area contributed by atoms with Gasteiger partial charge in [0, 0.05) is 6.42 Å². The second kappa shape index (κ2) is 6.10. The number of thiazole rings is 1. The molecule has 3 nitrogen and oxygen atoms in total. The van der Waals surface area contributed by atoms with Crippen molar-refractivity contribution in [1.29, 1.82) is 0 Å². The first-order chi connectivity index (χ1) is 9.72. The van der Waals surface area contributed by atoms with Crippen LogP contribution in [0.4, 0.5) is 5.13 Å². The number of aromatic nitrogens is 1. The Morgan fingerprint density at radius 2 is 2.20 bits per heavy atom. The van der Waals surface area contributed by atoms with E-state index in [1.165, 1.54) is 37.0 Å². The molecule has 0 saturated heterocycles. The first-order valence-corrected chi connectivity index (χ1v) is 8.27. The van der Waals surface area contributed by atoms with Gasteiger partial charge in [0.1, 0.15) is 5.52 Å². The summed E-state index contributed by atoms with van der Waals surface area (Å²) in [4.78, 5) is 16.3. The van der Waals surface area contributed by atoms with Crippen molar-refractivity contribution in [2.24, 2.45) is 5.92 Å². The fraction of sp³-hybridized carbons (Fsp3) is 0.467. The number of nitrogens with zero attached hydrogens (tertiary/aromatic N) is 1. The SMILES string of the molecule is O=C(CCC1CCCC1)Nc1nc2c(Cl)cccc2s1. The molecule has 1 aliphatic carbocycles. The van der Waals surface area contributed by atoms with Gasteiger partial charge in [0.15, 0.2) is 5.13 Å². The van der Waals surface area contributed by atoms with Gasteiger partial charge < -0.3 is 5.32 Å². The van der Waals surface area contributed by atoms with Gasteiger partial charge in [0.2, 0.25) is 5.91 Å². The highest BCUT2D eigenvalue weighted by Gasteiger charge is 2.17. The fourth-order valence-corrected chi connectivity index (χ4v) is 3.97. The summed E-state index contributed by atoms with van der Waals surface area (Å²) >= 11 is 7.56. The predicted molar refractivity (Wildman–Crippen MR) is 84.5 cm³/mol. The highest BCUT2D eigenvalue weighted by Crippen LogP contribution is 2.31. The zero-order chi connectivity index (χ0) is 13.9. The summed E-state index contributed by atoms with van der Waals surface area (Å²) in [5, 5.41) is 4.17. The van der Waals surface area contributed by atoms with Crippen LogP contribution in [0.15, 0.2) is 18.2 Å². The molecule has 5 heteroatoms. The third kappa shape index (κ3) is 3.13. The van der Waals surface area contributed by atoms with Crippen LogP contribution < -0.4 is 5.32 Å². The van der Waals surface area contributed by atoms with E-state index in [0.717, 1.165) is 22.6 Å². The minimum absolute atomic E-state index is 0.0621. The Hall–Kier alpha value is -1.13. The molecule has 0 unspecified atom stereocenters. The Balaban J connectivity index is 1.60. The summed E-state index contributed by atoms with van der Waals surface area (Å²) in [7, 11) is 0. The molecule has 20 heavy (non-hydrogen) atoms. The summed E-state index contributed by atoms with van der Waals surface area (Å²) in [6.45, 7) is 0. The number of nitrogens with one attached hydrogen (secondary N) is 1.